The van der Waals surface area contributed by atoms with Crippen molar-refractivity contribution in [2.45, 2.75) is 13.0 Å². The van der Waals surface area contributed by atoms with Crippen LogP contribution in [0, 0.1) is 0 Å². The summed E-state index contributed by atoms with van der Waals surface area (Å²) < 4.78 is 0. The first kappa shape index (κ1) is 12.5. The molecule has 1 unspecified atom stereocenters. The van der Waals surface area contributed by atoms with Crippen LogP contribution in [0.25, 0.3) is 0 Å². The molecule has 0 aromatic heterocycles. The number of carbonyl (C=O) groups is 2. The zero-order valence-corrected chi connectivity index (χ0v) is 9.00. The van der Waals surface area contributed by atoms with Crippen LogP contribution in [-0.4, -0.2) is 43.9 Å². The maximum atomic E-state index is 11.4. The number of carbonyl (C=O) groups excluding carboxylic acids is 2. The van der Waals surface area contributed by atoms with Gasteiger partial charge in [-0.05, 0) is 12.3 Å². The van der Waals surface area contributed by atoms with Crippen molar-refractivity contribution in [3.63, 3.8) is 0 Å². The van der Waals surface area contributed by atoms with E-state index >= 15 is 0 Å². The minimum Gasteiger partial charge on any atom is -0.394 e. The third-order valence-electron chi connectivity index (χ3n) is 1.87. The number of hydrogen-bond donors (Lipinski definition) is 2. The summed E-state index contributed by atoms with van der Waals surface area (Å²) in [5.74, 6) is -0.367. The van der Waals surface area contributed by atoms with Crippen LogP contribution in [0.3, 0.4) is 0 Å². The highest BCUT2D eigenvalue weighted by Crippen LogP contribution is 1.98. The van der Waals surface area contributed by atoms with Crippen LogP contribution in [0.15, 0.2) is 12.3 Å². The summed E-state index contributed by atoms with van der Waals surface area (Å²) in [5, 5.41) is 5.27. The molecule has 0 aliphatic heterocycles. The van der Waals surface area contributed by atoms with Gasteiger partial charge in [-0.3, -0.25) is 9.59 Å². The van der Waals surface area contributed by atoms with Crippen molar-refractivity contribution in [2.75, 3.05) is 21.1 Å². The molecule has 14 heavy (non-hydrogen) atoms. The van der Waals surface area contributed by atoms with E-state index in [1.165, 1.54) is 18.9 Å². The third kappa shape index (κ3) is 3.47. The summed E-state index contributed by atoms with van der Waals surface area (Å²) >= 11 is 0. The number of likely N-dealkylation sites (N-methyl/N-ethyl adjacent to an activating group) is 2. The molecular formula is C9H17N3O2. The van der Waals surface area contributed by atoms with Gasteiger partial charge in [-0.25, -0.2) is 0 Å². The van der Waals surface area contributed by atoms with E-state index in [2.05, 4.69) is 10.6 Å². The Balaban J connectivity index is 4.62. The molecule has 0 heterocycles. The van der Waals surface area contributed by atoms with Crippen molar-refractivity contribution in [3.05, 3.63) is 12.3 Å². The van der Waals surface area contributed by atoms with Gasteiger partial charge >= 0.3 is 0 Å². The van der Waals surface area contributed by atoms with Gasteiger partial charge in [0.05, 0.1) is 0 Å². The molecule has 0 saturated carbocycles. The first-order valence-electron chi connectivity index (χ1n) is 4.33. The Bertz CT molecular complexity index is 238. The topological polar surface area (TPSA) is 61.4 Å². The zero-order valence-electron chi connectivity index (χ0n) is 9.00. The lowest BCUT2D eigenvalue weighted by molar-refractivity contribution is -0.135. The molecule has 80 valence electrons. The summed E-state index contributed by atoms with van der Waals surface area (Å²) in [6, 6.07) is -0.565. The van der Waals surface area contributed by atoms with Gasteiger partial charge in [0, 0.05) is 28.1 Å². The number of amides is 2. The van der Waals surface area contributed by atoms with Crippen LogP contribution in [0.4, 0.5) is 0 Å². The van der Waals surface area contributed by atoms with Crippen LogP contribution < -0.4 is 10.6 Å². The number of nitrogens with one attached hydrogen (secondary N) is 2. The quantitative estimate of drug-likeness (QED) is 0.630. The molecule has 0 saturated heterocycles. The van der Waals surface area contributed by atoms with E-state index in [9.17, 15) is 9.59 Å². The van der Waals surface area contributed by atoms with Gasteiger partial charge in [-0.2, -0.15) is 0 Å². The second kappa shape index (κ2) is 6.01. The van der Waals surface area contributed by atoms with Gasteiger partial charge in [0.2, 0.25) is 11.8 Å². The van der Waals surface area contributed by atoms with Gasteiger partial charge in [-0.1, -0.05) is 0 Å². The van der Waals surface area contributed by atoms with Gasteiger partial charge in [0.25, 0.3) is 0 Å². The smallest absolute Gasteiger partial charge is 0.246 e. The Morgan fingerprint density at radius 1 is 1.36 bits per heavy atom. The number of nitrogens with zero attached hydrogens (tertiary/aromatic N) is 1. The molecule has 0 aliphatic carbocycles. The molecule has 2 N–H and O–H groups in total. The van der Waals surface area contributed by atoms with E-state index in [1.807, 2.05) is 0 Å². The lowest BCUT2D eigenvalue weighted by Crippen LogP contribution is -2.44. The molecule has 0 fully saturated rings. The van der Waals surface area contributed by atoms with Crippen LogP contribution in [0.2, 0.25) is 0 Å². The maximum absolute atomic E-state index is 11.4. The Labute approximate surface area is 84.2 Å². The fraction of sp³-hybridized carbons (Fsp3) is 0.556. The van der Waals surface area contributed by atoms with Crippen molar-refractivity contribution in [1.82, 2.24) is 15.5 Å². The molecule has 0 bridgehead atoms. The van der Waals surface area contributed by atoms with Crippen molar-refractivity contribution >= 4 is 11.8 Å². The Kier molecular flexibility index (Phi) is 5.36. The predicted octanol–water partition coefficient (Wildman–Crippen LogP) is -0.688. The van der Waals surface area contributed by atoms with Crippen LogP contribution in [0.1, 0.15) is 6.92 Å². The Hall–Kier alpha value is -1.52. The first-order valence-corrected chi connectivity index (χ1v) is 4.33. The molecule has 5 heteroatoms. The Morgan fingerprint density at radius 2 is 1.93 bits per heavy atom. The molecule has 0 aromatic carbocycles. The van der Waals surface area contributed by atoms with E-state index in [0.29, 0.717) is 0 Å². The fourth-order valence-electron chi connectivity index (χ4n) is 0.923. The summed E-state index contributed by atoms with van der Waals surface area (Å²) in [6.07, 6.45) is 3.25. The minimum atomic E-state index is -0.565. The highest BCUT2D eigenvalue weighted by Gasteiger charge is 2.20. The van der Waals surface area contributed by atoms with E-state index in [0.717, 1.165) is 0 Å². The molecule has 0 spiro atoms. The standard InChI is InChI=1S/C9H17N3O2/c1-7(13)12(4)8(5-6-10-2)9(14)11-3/h5-6,8,10H,1-4H3,(H,11,14)/b6-5-. The fourth-order valence-corrected chi connectivity index (χ4v) is 0.923. The predicted molar refractivity (Wildman–Crippen MR) is 54.5 cm³/mol. The van der Waals surface area contributed by atoms with E-state index in [1.54, 1.807) is 26.4 Å². The molecule has 2 amide bonds. The van der Waals surface area contributed by atoms with Gasteiger partial charge in [0.1, 0.15) is 6.04 Å². The normalized spacial score (nSPS) is 12.3. The molecular weight excluding hydrogens is 182 g/mol. The Morgan fingerprint density at radius 3 is 2.29 bits per heavy atom. The molecule has 0 aromatic rings. The zero-order chi connectivity index (χ0) is 11.1. The van der Waals surface area contributed by atoms with Crippen LogP contribution >= 0.6 is 0 Å². The largest absolute Gasteiger partial charge is 0.394 e. The lowest BCUT2D eigenvalue weighted by atomic mass is 10.2. The van der Waals surface area contributed by atoms with Gasteiger partial charge in [0.15, 0.2) is 0 Å². The van der Waals surface area contributed by atoms with Crippen molar-refractivity contribution in [1.29, 1.82) is 0 Å². The van der Waals surface area contributed by atoms with Crippen LogP contribution in [-0.2, 0) is 9.59 Å². The average Bonchev–Trinajstić information content (AvgIpc) is 2.17. The summed E-state index contributed by atoms with van der Waals surface area (Å²) in [6.45, 7) is 1.42. The SMILES string of the molecule is CN/C=C\C(C(=O)NC)N(C)C(C)=O. The second-order valence-electron chi connectivity index (χ2n) is 2.84. The van der Waals surface area contributed by atoms with Gasteiger partial charge in [-0.15, -0.1) is 0 Å². The monoisotopic (exact) mass is 199 g/mol. The van der Waals surface area contributed by atoms with E-state index in [4.69, 9.17) is 0 Å². The maximum Gasteiger partial charge on any atom is 0.246 e. The lowest BCUT2D eigenvalue weighted by Gasteiger charge is -2.22. The van der Waals surface area contributed by atoms with Crippen molar-refractivity contribution < 1.29 is 9.59 Å². The third-order valence-corrected chi connectivity index (χ3v) is 1.87. The summed E-state index contributed by atoms with van der Waals surface area (Å²) in [4.78, 5) is 23.8. The summed E-state index contributed by atoms with van der Waals surface area (Å²) in [5.41, 5.74) is 0. The molecule has 0 radical (unpaired) electrons. The van der Waals surface area contributed by atoms with E-state index in [-0.39, 0.29) is 11.8 Å². The van der Waals surface area contributed by atoms with Crippen molar-refractivity contribution in [3.8, 4) is 0 Å². The molecule has 1 atom stereocenters. The second-order valence-corrected chi connectivity index (χ2v) is 2.84. The molecule has 5 nitrogen and oxygen atoms in total. The number of rotatable bonds is 4. The van der Waals surface area contributed by atoms with Crippen molar-refractivity contribution in [2.24, 2.45) is 0 Å². The molecule has 0 rings (SSSR count). The molecule has 0 aliphatic rings. The minimum absolute atomic E-state index is 0.153. The number of hydrogen-bond acceptors (Lipinski definition) is 3. The average molecular weight is 199 g/mol. The highest BCUT2D eigenvalue weighted by molar-refractivity contribution is 5.88. The van der Waals surface area contributed by atoms with Gasteiger partial charge < -0.3 is 15.5 Å². The highest BCUT2D eigenvalue weighted by atomic mass is 16.2. The first-order chi connectivity index (χ1) is 6.54. The summed E-state index contributed by atoms with van der Waals surface area (Å²) in [7, 11) is 4.85. The van der Waals surface area contributed by atoms with Crippen LogP contribution in [0.5, 0.6) is 0 Å². The van der Waals surface area contributed by atoms with E-state index < -0.39 is 6.04 Å².